The lowest BCUT2D eigenvalue weighted by atomic mass is 10.1. The molecular formula is C23H29N3O5. The molecule has 1 heterocycles. The largest absolute Gasteiger partial charge is 0.493 e. The highest BCUT2D eigenvalue weighted by molar-refractivity contribution is 6.06. The van der Waals surface area contributed by atoms with Crippen molar-refractivity contribution in [2.75, 3.05) is 57.7 Å². The van der Waals surface area contributed by atoms with E-state index < -0.39 is 0 Å². The quantitative estimate of drug-likeness (QED) is 0.732. The Kier molecular flexibility index (Phi) is 7.23. The summed E-state index contributed by atoms with van der Waals surface area (Å²) >= 11 is 0. The predicted octanol–water partition coefficient (Wildman–Crippen LogP) is 3.02. The van der Waals surface area contributed by atoms with E-state index in [2.05, 4.69) is 10.2 Å². The number of nitrogens with zero attached hydrogens (tertiary/aromatic N) is 2. The topological polar surface area (TPSA) is 80.3 Å². The van der Waals surface area contributed by atoms with Crippen molar-refractivity contribution in [2.24, 2.45) is 0 Å². The number of piperazine rings is 1. The summed E-state index contributed by atoms with van der Waals surface area (Å²) < 4.78 is 16.0. The number of carbonyl (C=O) groups excluding carboxylic acids is 2. The van der Waals surface area contributed by atoms with Crippen LogP contribution in [0.5, 0.6) is 17.2 Å². The standard InChI is InChI=1S/C23H29N3O5/c1-5-21(27)26-12-10-25(11-13-26)18-9-7-6-8-17(18)24-23(28)16-14-19(29-2)22(31-4)20(15-16)30-3/h6-9,14-15H,5,10-13H2,1-4H3,(H,24,28). The SMILES string of the molecule is CCC(=O)N1CCN(c2ccccc2NC(=O)c2cc(OC)c(OC)c(OC)c2)CC1. The Balaban J connectivity index is 1.80. The molecule has 2 aromatic rings. The molecule has 0 saturated carbocycles. The van der Waals surface area contributed by atoms with E-state index in [9.17, 15) is 9.59 Å². The van der Waals surface area contributed by atoms with Gasteiger partial charge in [0.2, 0.25) is 11.7 Å². The Morgan fingerprint density at radius 3 is 2.10 bits per heavy atom. The summed E-state index contributed by atoms with van der Waals surface area (Å²) in [6, 6.07) is 10.9. The molecule has 0 unspecified atom stereocenters. The second-order valence-corrected chi connectivity index (χ2v) is 7.11. The molecular weight excluding hydrogens is 398 g/mol. The van der Waals surface area contributed by atoms with Gasteiger partial charge in [-0.05, 0) is 24.3 Å². The molecule has 0 atom stereocenters. The van der Waals surface area contributed by atoms with Crippen molar-refractivity contribution in [1.29, 1.82) is 0 Å². The molecule has 1 fully saturated rings. The van der Waals surface area contributed by atoms with Gasteiger partial charge < -0.3 is 29.3 Å². The molecule has 8 heteroatoms. The molecule has 0 aromatic heterocycles. The first-order chi connectivity index (χ1) is 15.0. The number of nitrogens with one attached hydrogen (secondary N) is 1. The fraction of sp³-hybridized carbons (Fsp3) is 0.391. The highest BCUT2D eigenvalue weighted by Crippen LogP contribution is 2.38. The molecule has 2 aromatic carbocycles. The maximum Gasteiger partial charge on any atom is 0.255 e. The first-order valence-corrected chi connectivity index (χ1v) is 10.3. The van der Waals surface area contributed by atoms with Crippen LogP contribution in [0.15, 0.2) is 36.4 Å². The molecule has 1 aliphatic heterocycles. The zero-order valence-corrected chi connectivity index (χ0v) is 18.4. The maximum atomic E-state index is 13.0. The van der Waals surface area contributed by atoms with Gasteiger partial charge in [-0.15, -0.1) is 0 Å². The van der Waals surface area contributed by atoms with Crippen LogP contribution in [-0.2, 0) is 4.79 Å². The molecule has 166 valence electrons. The number of hydrogen-bond donors (Lipinski definition) is 1. The first-order valence-electron chi connectivity index (χ1n) is 10.3. The average Bonchev–Trinajstić information content (AvgIpc) is 2.82. The summed E-state index contributed by atoms with van der Waals surface area (Å²) in [5.74, 6) is 1.14. The van der Waals surface area contributed by atoms with Gasteiger partial charge in [0.15, 0.2) is 11.5 Å². The molecule has 0 spiro atoms. The Labute approximate surface area is 182 Å². The van der Waals surface area contributed by atoms with Crippen molar-refractivity contribution in [2.45, 2.75) is 13.3 Å². The monoisotopic (exact) mass is 427 g/mol. The van der Waals surface area contributed by atoms with Gasteiger partial charge in [0, 0.05) is 38.2 Å². The summed E-state index contributed by atoms with van der Waals surface area (Å²) in [6.07, 6.45) is 0.515. The van der Waals surface area contributed by atoms with Gasteiger partial charge in [0.1, 0.15) is 0 Å². The highest BCUT2D eigenvalue weighted by Gasteiger charge is 2.23. The van der Waals surface area contributed by atoms with Crippen molar-refractivity contribution in [3.63, 3.8) is 0 Å². The third-order valence-electron chi connectivity index (χ3n) is 5.35. The highest BCUT2D eigenvalue weighted by atomic mass is 16.5. The number of hydrogen-bond acceptors (Lipinski definition) is 6. The van der Waals surface area contributed by atoms with E-state index in [1.807, 2.05) is 36.1 Å². The van der Waals surface area contributed by atoms with E-state index in [0.717, 1.165) is 5.69 Å². The Morgan fingerprint density at radius 2 is 1.55 bits per heavy atom. The van der Waals surface area contributed by atoms with Gasteiger partial charge in [-0.3, -0.25) is 9.59 Å². The van der Waals surface area contributed by atoms with E-state index in [4.69, 9.17) is 14.2 Å². The van der Waals surface area contributed by atoms with Gasteiger partial charge in [0.25, 0.3) is 5.91 Å². The normalized spacial score (nSPS) is 13.5. The van der Waals surface area contributed by atoms with Crippen molar-refractivity contribution in [3.05, 3.63) is 42.0 Å². The Bertz CT molecular complexity index is 914. The minimum atomic E-state index is -0.286. The van der Waals surface area contributed by atoms with Crippen LogP contribution in [0.2, 0.25) is 0 Å². The van der Waals surface area contributed by atoms with Gasteiger partial charge in [-0.2, -0.15) is 0 Å². The number of carbonyl (C=O) groups is 2. The van der Waals surface area contributed by atoms with Gasteiger partial charge in [-0.25, -0.2) is 0 Å². The summed E-state index contributed by atoms with van der Waals surface area (Å²) in [7, 11) is 4.54. The molecule has 1 aliphatic rings. The van der Waals surface area contributed by atoms with E-state index in [-0.39, 0.29) is 11.8 Å². The number of benzene rings is 2. The molecule has 1 N–H and O–H groups in total. The van der Waals surface area contributed by atoms with Crippen LogP contribution in [-0.4, -0.2) is 64.2 Å². The van der Waals surface area contributed by atoms with Crippen LogP contribution in [0, 0.1) is 0 Å². The fourth-order valence-electron chi connectivity index (χ4n) is 3.68. The lowest BCUT2D eigenvalue weighted by molar-refractivity contribution is -0.131. The molecule has 3 rings (SSSR count). The van der Waals surface area contributed by atoms with Crippen molar-refractivity contribution < 1.29 is 23.8 Å². The van der Waals surface area contributed by atoms with E-state index in [0.29, 0.717) is 61.1 Å². The molecule has 8 nitrogen and oxygen atoms in total. The number of para-hydroxylation sites is 2. The zero-order valence-electron chi connectivity index (χ0n) is 18.4. The predicted molar refractivity (Wildman–Crippen MR) is 120 cm³/mol. The van der Waals surface area contributed by atoms with Crippen LogP contribution in [0.3, 0.4) is 0 Å². The lowest BCUT2D eigenvalue weighted by Crippen LogP contribution is -2.48. The minimum Gasteiger partial charge on any atom is -0.493 e. The maximum absolute atomic E-state index is 13.0. The number of rotatable bonds is 7. The summed E-state index contributed by atoms with van der Waals surface area (Å²) in [6.45, 7) is 4.64. The van der Waals surface area contributed by atoms with Crippen molar-refractivity contribution in [1.82, 2.24) is 4.90 Å². The molecule has 0 aliphatic carbocycles. The minimum absolute atomic E-state index is 0.170. The lowest BCUT2D eigenvalue weighted by Gasteiger charge is -2.36. The number of amides is 2. The third kappa shape index (κ3) is 4.84. The number of ether oxygens (including phenoxy) is 3. The second-order valence-electron chi connectivity index (χ2n) is 7.11. The van der Waals surface area contributed by atoms with Crippen molar-refractivity contribution in [3.8, 4) is 17.2 Å². The molecule has 0 radical (unpaired) electrons. The third-order valence-corrected chi connectivity index (χ3v) is 5.35. The van der Waals surface area contributed by atoms with Gasteiger partial charge in [-0.1, -0.05) is 19.1 Å². The van der Waals surface area contributed by atoms with Crippen LogP contribution in [0.1, 0.15) is 23.7 Å². The van der Waals surface area contributed by atoms with Crippen LogP contribution >= 0.6 is 0 Å². The summed E-state index contributed by atoms with van der Waals surface area (Å²) in [5, 5.41) is 3.00. The van der Waals surface area contributed by atoms with Crippen LogP contribution in [0.25, 0.3) is 0 Å². The average molecular weight is 428 g/mol. The zero-order chi connectivity index (χ0) is 22.4. The first kappa shape index (κ1) is 22.3. The Hall–Kier alpha value is -3.42. The molecule has 2 amide bonds. The summed E-state index contributed by atoms with van der Waals surface area (Å²) in [5.41, 5.74) is 2.02. The number of methoxy groups -OCH3 is 3. The summed E-state index contributed by atoms with van der Waals surface area (Å²) in [4.78, 5) is 29.0. The fourth-order valence-corrected chi connectivity index (χ4v) is 3.68. The second kappa shape index (κ2) is 10.1. The smallest absolute Gasteiger partial charge is 0.255 e. The van der Waals surface area contributed by atoms with E-state index in [1.165, 1.54) is 21.3 Å². The Morgan fingerprint density at radius 1 is 0.935 bits per heavy atom. The van der Waals surface area contributed by atoms with Gasteiger partial charge in [0.05, 0.1) is 32.7 Å². The molecule has 0 bridgehead atoms. The van der Waals surface area contributed by atoms with Crippen LogP contribution in [0.4, 0.5) is 11.4 Å². The van der Waals surface area contributed by atoms with E-state index in [1.54, 1.807) is 12.1 Å². The van der Waals surface area contributed by atoms with Crippen molar-refractivity contribution >= 4 is 23.2 Å². The van der Waals surface area contributed by atoms with E-state index >= 15 is 0 Å². The molecule has 31 heavy (non-hydrogen) atoms. The molecule has 1 saturated heterocycles. The van der Waals surface area contributed by atoms with Crippen LogP contribution < -0.4 is 24.4 Å². The van der Waals surface area contributed by atoms with Gasteiger partial charge >= 0.3 is 0 Å². The number of anilines is 2.